The summed E-state index contributed by atoms with van der Waals surface area (Å²) in [5, 5.41) is 6.91. The van der Waals surface area contributed by atoms with E-state index in [0.29, 0.717) is 4.88 Å². The number of aromatic nitrogens is 2. The van der Waals surface area contributed by atoms with Crippen LogP contribution in [0.3, 0.4) is 0 Å². The maximum atomic E-state index is 12.3. The van der Waals surface area contributed by atoms with Crippen molar-refractivity contribution in [2.45, 2.75) is 26.7 Å². The number of carbonyl (C=O) groups excluding carboxylic acids is 1. The van der Waals surface area contributed by atoms with Crippen molar-refractivity contribution in [3.8, 4) is 0 Å². The Hall–Kier alpha value is -1.27. The number of anilines is 1. The van der Waals surface area contributed by atoms with Crippen LogP contribution in [0.1, 0.15) is 40.7 Å². The van der Waals surface area contributed by atoms with Crippen LogP contribution in [0.2, 0.25) is 0 Å². The molecule has 0 aliphatic carbocycles. The number of amides is 1. The first-order chi connectivity index (χ1) is 9.00. The summed E-state index contributed by atoms with van der Waals surface area (Å²) in [5.74, 6) is 0.0189. The maximum absolute atomic E-state index is 12.3. The normalized spacial score (nSPS) is 10.8. The Morgan fingerprint density at radius 3 is 2.84 bits per heavy atom. The summed E-state index contributed by atoms with van der Waals surface area (Å²) >= 11 is 4.60. The van der Waals surface area contributed by atoms with Crippen LogP contribution in [-0.2, 0) is 0 Å². The fourth-order valence-electron chi connectivity index (χ4n) is 1.66. The highest BCUT2D eigenvalue weighted by molar-refractivity contribution is 9.10. The molecule has 0 radical (unpaired) electrons. The van der Waals surface area contributed by atoms with Crippen LogP contribution >= 0.6 is 27.5 Å². The van der Waals surface area contributed by atoms with Crippen molar-refractivity contribution in [3.63, 3.8) is 0 Å². The number of hydrogen-bond donors (Lipinski definition) is 1. The summed E-state index contributed by atoms with van der Waals surface area (Å²) in [6, 6.07) is 5.75. The van der Waals surface area contributed by atoms with E-state index in [1.807, 2.05) is 39.0 Å². The molecule has 0 saturated heterocycles. The molecule has 0 spiro atoms. The zero-order valence-electron chi connectivity index (χ0n) is 10.9. The lowest BCUT2D eigenvalue weighted by atomic mass is 10.1. The van der Waals surface area contributed by atoms with Gasteiger partial charge in [-0.25, -0.2) is 0 Å². The van der Waals surface area contributed by atoms with E-state index in [1.54, 1.807) is 0 Å². The average Bonchev–Trinajstić information content (AvgIpc) is 2.84. The molecule has 6 heteroatoms. The molecule has 1 amide bonds. The summed E-state index contributed by atoms with van der Waals surface area (Å²) < 4.78 is 4.76. The molecule has 0 aliphatic heterocycles. The highest BCUT2D eigenvalue weighted by Crippen LogP contribution is 2.27. The molecule has 0 bridgehead atoms. The number of rotatable bonds is 3. The van der Waals surface area contributed by atoms with Gasteiger partial charge in [-0.15, -0.1) is 5.10 Å². The average molecular weight is 340 g/mol. The monoisotopic (exact) mass is 339 g/mol. The highest BCUT2D eigenvalue weighted by Gasteiger charge is 2.19. The van der Waals surface area contributed by atoms with Gasteiger partial charge in [0.25, 0.3) is 5.91 Å². The third kappa shape index (κ3) is 3.01. The molecule has 1 aromatic carbocycles. The quantitative estimate of drug-likeness (QED) is 0.919. The van der Waals surface area contributed by atoms with E-state index in [-0.39, 0.29) is 11.8 Å². The topological polar surface area (TPSA) is 54.9 Å². The number of hydrogen-bond acceptors (Lipinski definition) is 4. The van der Waals surface area contributed by atoms with Crippen LogP contribution in [-0.4, -0.2) is 15.5 Å². The molecule has 4 nitrogen and oxygen atoms in total. The van der Waals surface area contributed by atoms with E-state index in [0.717, 1.165) is 32.9 Å². The molecule has 0 fully saturated rings. The first kappa shape index (κ1) is 14.1. The smallest absolute Gasteiger partial charge is 0.269 e. The van der Waals surface area contributed by atoms with Gasteiger partial charge in [-0.1, -0.05) is 30.5 Å². The van der Waals surface area contributed by atoms with E-state index in [1.165, 1.54) is 0 Å². The van der Waals surface area contributed by atoms with Crippen LogP contribution in [0.15, 0.2) is 22.7 Å². The Morgan fingerprint density at radius 1 is 1.42 bits per heavy atom. The van der Waals surface area contributed by atoms with Gasteiger partial charge >= 0.3 is 0 Å². The summed E-state index contributed by atoms with van der Waals surface area (Å²) in [5.41, 5.74) is 2.57. The number of nitrogens with zero attached hydrogens (tertiary/aromatic N) is 2. The number of halogens is 1. The van der Waals surface area contributed by atoms with Gasteiger partial charge in [0.15, 0.2) is 0 Å². The lowest BCUT2D eigenvalue weighted by Crippen LogP contribution is -2.13. The molecule has 1 N–H and O–H groups in total. The first-order valence-corrected chi connectivity index (χ1v) is 7.46. The highest BCUT2D eigenvalue weighted by atomic mass is 79.9. The standard InChI is InChI=1S/C13H14BrN3OS/c1-7(2)11-12(19-17-16-11)13(18)15-9-6-4-5-8(3)10(9)14/h4-7H,1-3H3,(H,15,18). The Bertz CT molecular complexity index is 610. The van der Waals surface area contributed by atoms with E-state index in [2.05, 4.69) is 30.8 Å². The Kier molecular flexibility index (Phi) is 4.31. The predicted octanol–water partition coefficient (Wildman–Crippen LogP) is 3.98. The predicted molar refractivity (Wildman–Crippen MR) is 80.8 cm³/mol. The molecule has 0 saturated carbocycles. The van der Waals surface area contributed by atoms with Crippen LogP contribution < -0.4 is 5.32 Å². The van der Waals surface area contributed by atoms with Crippen molar-refractivity contribution in [1.82, 2.24) is 9.59 Å². The number of carbonyl (C=O) groups is 1. The zero-order chi connectivity index (χ0) is 14.0. The van der Waals surface area contributed by atoms with E-state index in [4.69, 9.17) is 0 Å². The molecule has 19 heavy (non-hydrogen) atoms. The fourth-order valence-corrected chi connectivity index (χ4v) is 2.73. The lowest BCUT2D eigenvalue weighted by Gasteiger charge is -2.09. The third-order valence-corrected chi connectivity index (χ3v) is 4.50. The Morgan fingerprint density at radius 2 is 2.16 bits per heavy atom. The van der Waals surface area contributed by atoms with Gasteiger partial charge in [0.05, 0.1) is 11.4 Å². The molecule has 2 rings (SSSR count). The first-order valence-electron chi connectivity index (χ1n) is 5.89. The minimum atomic E-state index is -0.162. The number of aryl methyl sites for hydroxylation is 1. The van der Waals surface area contributed by atoms with Gasteiger partial charge in [-0.2, -0.15) is 0 Å². The van der Waals surface area contributed by atoms with E-state index in [9.17, 15) is 4.79 Å². The second kappa shape index (κ2) is 5.79. The van der Waals surface area contributed by atoms with Crippen LogP contribution in [0.5, 0.6) is 0 Å². The SMILES string of the molecule is Cc1cccc(NC(=O)c2snnc2C(C)C)c1Br. The number of nitrogens with one attached hydrogen (secondary N) is 1. The van der Waals surface area contributed by atoms with Crippen molar-refractivity contribution >= 4 is 39.1 Å². The van der Waals surface area contributed by atoms with Gasteiger partial charge in [0.2, 0.25) is 0 Å². The van der Waals surface area contributed by atoms with Gasteiger partial charge in [-0.05, 0) is 51.9 Å². The molecular weight excluding hydrogens is 326 g/mol. The second-order valence-electron chi connectivity index (χ2n) is 4.53. The van der Waals surface area contributed by atoms with Gasteiger partial charge in [0, 0.05) is 4.47 Å². The Balaban J connectivity index is 2.26. The minimum absolute atomic E-state index is 0.162. The molecule has 0 aliphatic rings. The lowest BCUT2D eigenvalue weighted by molar-refractivity contribution is 0.102. The number of benzene rings is 1. The van der Waals surface area contributed by atoms with Gasteiger partial charge in [0.1, 0.15) is 4.88 Å². The Labute approximate surface area is 124 Å². The zero-order valence-corrected chi connectivity index (χ0v) is 13.3. The molecule has 100 valence electrons. The summed E-state index contributed by atoms with van der Waals surface area (Å²) in [7, 11) is 0. The molecule has 1 heterocycles. The van der Waals surface area contributed by atoms with E-state index >= 15 is 0 Å². The van der Waals surface area contributed by atoms with Crippen molar-refractivity contribution in [3.05, 3.63) is 38.8 Å². The van der Waals surface area contributed by atoms with Crippen LogP contribution in [0.25, 0.3) is 0 Å². The second-order valence-corrected chi connectivity index (χ2v) is 6.08. The van der Waals surface area contributed by atoms with Gasteiger partial charge in [-0.3, -0.25) is 4.79 Å². The summed E-state index contributed by atoms with van der Waals surface area (Å²) in [4.78, 5) is 12.8. The van der Waals surface area contributed by atoms with Crippen molar-refractivity contribution < 1.29 is 4.79 Å². The van der Waals surface area contributed by atoms with Crippen LogP contribution in [0, 0.1) is 6.92 Å². The van der Waals surface area contributed by atoms with Crippen LogP contribution in [0.4, 0.5) is 5.69 Å². The molecule has 0 unspecified atom stereocenters. The molecule has 2 aromatic rings. The van der Waals surface area contributed by atoms with Crippen molar-refractivity contribution in [2.24, 2.45) is 0 Å². The summed E-state index contributed by atoms with van der Waals surface area (Å²) in [6.45, 7) is 5.97. The van der Waals surface area contributed by atoms with Gasteiger partial charge < -0.3 is 5.32 Å². The molecule has 0 atom stereocenters. The largest absolute Gasteiger partial charge is 0.320 e. The molecular formula is C13H14BrN3OS. The van der Waals surface area contributed by atoms with E-state index < -0.39 is 0 Å². The maximum Gasteiger partial charge on any atom is 0.269 e. The van der Waals surface area contributed by atoms with Crippen molar-refractivity contribution in [2.75, 3.05) is 5.32 Å². The fraction of sp³-hybridized carbons (Fsp3) is 0.308. The summed E-state index contributed by atoms with van der Waals surface area (Å²) in [6.07, 6.45) is 0. The third-order valence-electron chi connectivity index (χ3n) is 2.71. The minimum Gasteiger partial charge on any atom is -0.320 e. The van der Waals surface area contributed by atoms with Crippen molar-refractivity contribution in [1.29, 1.82) is 0 Å². The molecule has 1 aromatic heterocycles.